The first kappa shape index (κ1) is 17.1. The van der Waals surface area contributed by atoms with Crippen LogP contribution in [0.15, 0.2) is 29.2 Å². The highest BCUT2D eigenvalue weighted by Crippen LogP contribution is 2.39. The first-order valence-corrected chi connectivity index (χ1v) is 9.82. The van der Waals surface area contributed by atoms with E-state index in [1.54, 1.807) is 23.1 Å². The molecular formula is C19H21NO2S2. The van der Waals surface area contributed by atoms with Crippen LogP contribution in [0.5, 0.6) is 5.75 Å². The van der Waals surface area contributed by atoms with Gasteiger partial charge in [-0.2, -0.15) is 0 Å². The zero-order valence-electron chi connectivity index (χ0n) is 14.1. The van der Waals surface area contributed by atoms with Gasteiger partial charge in [-0.1, -0.05) is 18.2 Å². The van der Waals surface area contributed by atoms with Crippen molar-refractivity contribution in [1.29, 1.82) is 0 Å². The molecular weight excluding hydrogens is 338 g/mol. The normalized spacial score (nSPS) is 13.2. The topological polar surface area (TPSA) is 38.3 Å². The zero-order valence-corrected chi connectivity index (χ0v) is 15.8. The van der Waals surface area contributed by atoms with E-state index < -0.39 is 0 Å². The van der Waals surface area contributed by atoms with Gasteiger partial charge in [0.05, 0.1) is 11.5 Å². The molecule has 0 spiro atoms. The highest BCUT2D eigenvalue weighted by Gasteiger charge is 2.21. The molecule has 5 heteroatoms. The molecule has 2 heterocycles. The maximum absolute atomic E-state index is 12.5. The number of ether oxygens (including phenoxy) is 1. The minimum Gasteiger partial charge on any atom is -0.494 e. The lowest BCUT2D eigenvalue weighted by Crippen LogP contribution is -2.24. The van der Waals surface area contributed by atoms with Crippen LogP contribution < -0.4 is 10.1 Å². The maximum Gasteiger partial charge on any atom is 0.258 e. The van der Waals surface area contributed by atoms with E-state index in [1.165, 1.54) is 20.9 Å². The van der Waals surface area contributed by atoms with Gasteiger partial charge in [-0.15, -0.1) is 23.1 Å². The standard InChI is InChI=1S/C19H21NO2S2/c1-4-22-16-8-6-5-7-14(16)10-20-19(21)18-9-17-15(11-23-18)12(2)13(3)24-17/h5-9H,4,10-11H2,1-3H3,(H,20,21). The number of hydrogen-bond donors (Lipinski definition) is 1. The second kappa shape index (κ2) is 7.45. The summed E-state index contributed by atoms with van der Waals surface area (Å²) in [6.07, 6.45) is 2.03. The molecule has 0 radical (unpaired) electrons. The lowest BCUT2D eigenvalue weighted by molar-refractivity contribution is -0.116. The average Bonchev–Trinajstić information content (AvgIpc) is 2.88. The van der Waals surface area contributed by atoms with Gasteiger partial charge in [-0.3, -0.25) is 4.79 Å². The summed E-state index contributed by atoms with van der Waals surface area (Å²) in [5.41, 5.74) is 3.74. The number of carbonyl (C=O) groups is 1. The Morgan fingerprint density at radius 2 is 2.08 bits per heavy atom. The fourth-order valence-corrected chi connectivity index (χ4v) is 5.02. The van der Waals surface area contributed by atoms with Gasteiger partial charge in [0, 0.05) is 27.6 Å². The van der Waals surface area contributed by atoms with Crippen molar-refractivity contribution in [3.05, 3.63) is 55.6 Å². The van der Waals surface area contributed by atoms with Gasteiger partial charge in [0.25, 0.3) is 5.91 Å². The third-order valence-corrected chi connectivity index (χ3v) is 6.35. The number of amides is 1. The molecule has 24 heavy (non-hydrogen) atoms. The van der Waals surface area contributed by atoms with Crippen LogP contribution in [0, 0.1) is 13.8 Å². The second-order valence-corrected chi connectivity index (χ2v) is 7.92. The van der Waals surface area contributed by atoms with Gasteiger partial charge >= 0.3 is 0 Å². The van der Waals surface area contributed by atoms with E-state index in [9.17, 15) is 4.79 Å². The lowest BCUT2D eigenvalue weighted by Gasteiger charge is -2.15. The summed E-state index contributed by atoms with van der Waals surface area (Å²) in [7, 11) is 0. The fourth-order valence-electron chi connectivity index (χ4n) is 2.65. The summed E-state index contributed by atoms with van der Waals surface area (Å²) in [5, 5.41) is 3.02. The molecule has 3 nitrogen and oxygen atoms in total. The molecule has 1 amide bonds. The summed E-state index contributed by atoms with van der Waals surface area (Å²) >= 11 is 3.39. The number of nitrogens with one attached hydrogen (secondary N) is 1. The number of carbonyl (C=O) groups excluding carboxylic acids is 1. The quantitative estimate of drug-likeness (QED) is 0.843. The lowest BCUT2D eigenvalue weighted by atomic mass is 10.1. The van der Waals surface area contributed by atoms with Crippen molar-refractivity contribution in [1.82, 2.24) is 5.32 Å². The van der Waals surface area contributed by atoms with Crippen LogP contribution in [0.2, 0.25) is 0 Å². The predicted octanol–water partition coefficient (Wildman–Crippen LogP) is 4.67. The molecule has 0 aliphatic carbocycles. The molecule has 1 N–H and O–H groups in total. The Hall–Kier alpha value is -1.72. The van der Waals surface area contributed by atoms with Crippen molar-refractivity contribution in [2.45, 2.75) is 33.1 Å². The van der Waals surface area contributed by atoms with Crippen molar-refractivity contribution in [2.75, 3.05) is 6.61 Å². The molecule has 2 aromatic rings. The van der Waals surface area contributed by atoms with Crippen LogP contribution >= 0.6 is 23.1 Å². The van der Waals surface area contributed by atoms with Crippen LogP contribution in [0.1, 0.15) is 33.4 Å². The van der Waals surface area contributed by atoms with Gasteiger partial charge in [0.15, 0.2) is 0 Å². The number of thiophene rings is 1. The molecule has 0 saturated carbocycles. The molecule has 1 aromatic carbocycles. The first-order valence-electron chi connectivity index (χ1n) is 8.02. The summed E-state index contributed by atoms with van der Waals surface area (Å²) in [6.45, 7) is 7.35. The highest BCUT2D eigenvalue weighted by atomic mass is 32.2. The summed E-state index contributed by atoms with van der Waals surface area (Å²) < 4.78 is 5.61. The molecule has 1 aliphatic heterocycles. The minimum absolute atomic E-state index is 0.0133. The van der Waals surface area contributed by atoms with Crippen LogP contribution in [-0.2, 0) is 17.1 Å². The number of aryl methyl sites for hydroxylation is 1. The largest absolute Gasteiger partial charge is 0.494 e. The molecule has 1 aliphatic rings. The number of thioether (sulfide) groups is 1. The first-order chi connectivity index (χ1) is 11.6. The Labute approximate surface area is 151 Å². The minimum atomic E-state index is -0.0133. The fraction of sp³-hybridized carbons (Fsp3) is 0.316. The number of hydrogen-bond acceptors (Lipinski definition) is 4. The summed E-state index contributed by atoms with van der Waals surface area (Å²) in [4.78, 5) is 15.9. The molecule has 0 saturated heterocycles. The Bertz CT molecular complexity index is 793. The monoisotopic (exact) mass is 359 g/mol. The maximum atomic E-state index is 12.5. The number of para-hydroxylation sites is 1. The van der Waals surface area contributed by atoms with E-state index in [4.69, 9.17) is 4.74 Å². The van der Waals surface area contributed by atoms with Gasteiger partial charge in [0.2, 0.25) is 0 Å². The molecule has 1 aromatic heterocycles. The van der Waals surface area contributed by atoms with E-state index in [1.807, 2.05) is 37.3 Å². The van der Waals surface area contributed by atoms with Gasteiger partial charge in [-0.25, -0.2) is 0 Å². The number of benzene rings is 1. The van der Waals surface area contributed by atoms with E-state index in [0.29, 0.717) is 13.2 Å². The van der Waals surface area contributed by atoms with Crippen LogP contribution in [0.25, 0.3) is 6.08 Å². The van der Waals surface area contributed by atoms with E-state index in [2.05, 4.69) is 19.2 Å². The Balaban J connectivity index is 1.70. The molecule has 126 valence electrons. The van der Waals surface area contributed by atoms with Gasteiger partial charge < -0.3 is 10.1 Å². The van der Waals surface area contributed by atoms with Crippen LogP contribution in [0.3, 0.4) is 0 Å². The van der Waals surface area contributed by atoms with Crippen molar-refractivity contribution >= 4 is 35.1 Å². The highest BCUT2D eigenvalue weighted by molar-refractivity contribution is 8.03. The smallest absolute Gasteiger partial charge is 0.258 e. The Morgan fingerprint density at radius 3 is 2.88 bits per heavy atom. The van der Waals surface area contributed by atoms with Crippen LogP contribution in [0.4, 0.5) is 0 Å². The molecule has 0 bridgehead atoms. The van der Waals surface area contributed by atoms with E-state index in [-0.39, 0.29) is 5.91 Å². The predicted molar refractivity (Wildman–Crippen MR) is 103 cm³/mol. The zero-order chi connectivity index (χ0) is 17.1. The summed E-state index contributed by atoms with van der Waals surface area (Å²) in [6, 6.07) is 7.82. The number of fused-ring (bicyclic) bond motifs is 1. The SMILES string of the molecule is CCOc1ccccc1CNC(=O)C1=Cc2sc(C)c(C)c2CS1. The van der Waals surface area contributed by atoms with E-state index in [0.717, 1.165) is 22.0 Å². The third-order valence-electron chi connectivity index (χ3n) is 4.11. The average molecular weight is 360 g/mol. The second-order valence-electron chi connectivity index (χ2n) is 5.65. The van der Waals surface area contributed by atoms with Crippen molar-refractivity contribution in [3.63, 3.8) is 0 Å². The number of rotatable bonds is 5. The van der Waals surface area contributed by atoms with Gasteiger partial charge in [0.1, 0.15) is 5.75 Å². The molecule has 0 atom stereocenters. The molecule has 0 unspecified atom stereocenters. The third kappa shape index (κ3) is 3.52. The van der Waals surface area contributed by atoms with Gasteiger partial charge in [-0.05, 0) is 44.0 Å². The van der Waals surface area contributed by atoms with E-state index >= 15 is 0 Å². The van der Waals surface area contributed by atoms with Crippen molar-refractivity contribution < 1.29 is 9.53 Å². The van der Waals surface area contributed by atoms with Crippen molar-refractivity contribution in [2.24, 2.45) is 0 Å². The molecule has 0 fully saturated rings. The Morgan fingerprint density at radius 1 is 1.29 bits per heavy atom. The van der Waals surface area contributed by atoms with Crippen molar-refractivity contribution in [3.8, 4) is 5.75 Å². The Kier molecular flexibility index (Phi) is 5.31. The molecule has 3 rings (SSSR count). The summed E-state index contributed by atoms with van der Waals surface area (Å²) in [5.74, 6) is 1.69. The van der Waals surface area contributed by atoms with Crippen LogP contribution in [-0.4, -0.2) is 12.5 Å².